The number of aliphatic carboxylic acids is 2. The van der Waals surface area contributed by atoms with E-state index in [1.807, 2.05) is 6.92 Å². The van der Waals surface area contributed by atoms with Crippen LogP contribution in [0.15, 0.2) is 0 Å². The molecule has 0 amide bonds. The van der Waals surface area contributed by atoms with Gasteiger partial charge in [-0.1, -0.05) is 6.92 Å². The lowest BCUT2D eigenvalue weighted by atomic mass is 9.87. The maximum Gasteiger partial charge on any atom is 0.457 e. The van der Waals surface area contributed by atoms with Gasteiger partial charge in [0.1, 0.15) is 6.10 Å². The number of aliphatic hydroxyl groups excluding tert-OH is 2. The molecule has 0 saturated carbocycles. The molecule has 1 rings (SSSR count). The molecule has 1 saturated heterocycles. The average Bonchev–Trinajstić information content (AvgIpc) is 2.75. The summed E-state index contributed by atoms with van der Waals surface area (Å²) in [5.74, 6) is -1.67. The van der Waals surface area contributed by atoms with Crippen LogP contribution in [-0.2, 0) is 18.9 Å². The molecule has 112 valence electrons. The topological polar surface area (TPSA) is 134 Å². The van der Waals surface area contributed by atoms with Crippen LogP contribution in [0.3, 0.4) is 0 Å². The molecule has 1 aliphatic heterocycles. The molecule has 2 unspecified atom stereocenters. The molecule has 0 radical (unpaired) electrons. The van der Waals surface area contributed by atoms with Crippen molar-refractivity contribution < 1.29 is 39.3 Å². The van der Waals surface area contributed by atoms with Gasteiger partial charge in [-0.3, -0.25) is 9.59 Å². The molecule has 0 aliphatic carbocycles. The molecular weight excluding hydrogens is 259 g/mol. The molecule has 0 bridgehead atoms. The average molecular weight is 280 g/mol. The first kappa shape index (κ1) is 20.2. The standard InChI is InChI=1S/C6H13BO4.2C2H4O2/c1-2-7-10-4-6(11-7)5(9)3-8;2*1-2(3)4/h5-6,8-9H,2-4H2,1H3;2*1H3,(H,3,4). The van der Waals surface area contributed by atoms with Gasteiger partial charge in [-0.05, 0) is 6.32 Å². The second kappa shape index (κ2) is 11.9. The number of carbonyl (C=O) groups is 2. The minimum Gasteiger partial charge on any atom is -0.481 e. The molecule has 1 fully saturated rings. The zero-order valence-corrected chi connectivity index (χ0v) is 11.3. The molecule has 1 aliphatic rings. The molecule has 0 aromatic heterocycles. The minimum absolute atomic E-state index is 0.207. The van der Waals surface area contributed by atoms with Crippen molar-refractivity contribution in [2.75, 3.05) is 13.2 Å². The Morgan fingerprint density at radius 3 is 2.00 bits per heavy atom. The van der Waals surface area contributed by atoms with E-state index < -0.39 is 18.0 Å². The third kappa shape index (κ3) is 14.8. The monoisotopic (exact) mass is 280 g/mol. The van der Waals surface area contributed by atoms with Gasteiger partial charge < -0.3 is 29.7 Å². The number of carboxylic acid groups (broad SMARTS) is 2. The second-order valence-electron chi connectivity index (χ2n) is 3.63. The van der Waals surface area contributed by atoms with Crippen LogP contribution in [0.2, 0.25) is 6.32 Å². The Morgan fingerprint density at radius 1 is 1.32 bits per heavy atom. The van der Waals surface area contributed by atoms with E-state index in [1.54, 1.807) is 0 Å². The smallest absolute Gasteiger partial charge is 0.457 e. The number of rotatable bonds is 3. The summed E-state index contributed by atoms with van der Waals surface area (Å²) in [5, 5.41) is 32.5. The first-order valence-corrected chi connectivity index (χ1v) is 5.69. The van der Waals surface area contributed by atoms with Gasteiger partial charge in [-0.2, -0.15) is 0 Å². The van der Waals surface area contributed by atoms with Crippen LogP contribution >= 0.6 is 0 Å². The van der Waals surface area contributed by atoms with Crippen LogP contribution in [0.5, 0.6) is 0 Å². The quantitative estimate of drug-likeness (QED) is 0.506. The summed E-state index contributed by atoms with van der Waals surface area (Å²) in [6.45, 7) is 4.21. The molecule has 0 aromatic carbocycles. The Morgan fingerprint density at radius 2 is 1.74 bits per heavy atom. The lowest BCUT2D eigenvalue weighted by molar-refractivity contribution is -0.135. The number of hydrogen-bond donors (Lipinski definition) is 4. The van der Waals surface area contributed by atoms with Crippen molar-refractivity contribution in [2.24, 2.45) is 0 Å². The normalized spacial score (nSPS) is 18.6. The summed E-state index contributed by atoms with van der Waals surface area (Å²) in [7, 11) is -0.207. The van der Waals surface area contributed by atoms with Crippen LogP contribution in [0.1, 0.15) is 20.8 Å². The van der Waals surface area contributed by atoms with Crippen molar-refractivity contribution in [3.8, 4) is 0 Å². The van der Waals surface area contributed by atoms with Crippen molar-refractivity contribution >= 4 is 19.1 Å². The van der Waals surface area contributed by atoms with Crippen LogP contribution in [0, 0.1) is 0 Å². The number of hydrogen-bond acceptors (Lipinski definition) is 6. The summed E-state index contributed by atoms with van der Waals surface area (Å²) >= 11 is 0. The molecule has 9 heteroatoms. The summed E-state index contributed by atoms with van der Waals surface area (Å²) in [4.78, 5) is 18.0. The van der Waals surface area contributed by atoms with Crippen molar-refractivity contribution in [1.29, 1.82) is 0 Å². The predicted molar refractivity (Wildman–Crippen MR) is 66.8 cm³/mol. The molecule has 0 spiro atoms. The molecule has 8 nitrogen and oxygen atoms in total. The highest BCUT2D eigenvalue weighted by molar-refractivity contribution is 6.44. The van der Waals surface area contributed by atoms with Crippen molar-refractivity contribution in [3.05, 3.63) is 0 Å². The highest BCUT2D eigenvalue weighted by Gasteiger charge is 2.33. The highest BCUT2D eigenvalue weighted by atomic mass is 16.6. The molecular formula is C10H21BO8. The van der Waals surface area contributed by atoms with E-state index >= 15 is 0 Å². The van der Waals surface area contributed by atoms with E-state index in [0.717, 1.165) is 20.2 Å². The van der Waals surface area contributed by atoms with Gasteiger partial charge in [-0.25, -0.2) is 0 Å². The zero-order valence-electron chi connectivity index (χ0n) is 11.3. The highest BCUT2D eigenvalue weighted by Crippen LogP contribution is 2.13. The van der Waals surface area contributed by atoms with E-state index in [0.29, 0.717) is 6.61 Å². The van der Waals surface area contributed by atoms with Crippen molar-refractivity contribution in [3.63, 3.8) is 0 Å². The van der Waals surface area contributed by atoms with Crippen molar-refractivity contribution in [1.82, 2.24) is 0 Å². The van der Waals surface area contributed by atoms with E-state index in [9.17, 15) is 0 Å². The predicted octanol–water partition coefficient (Wildman–Crippen LogP) is -0.555. The number of carboxylic acids is 2. The van der Waals surface area contributed by atoms with Crippen LogP contribution in [0.4, 0.5) is 0 Å². The van der Waals surface area contributed by atoms with Crippen molar-refractivity contribution in [2.45, 2.75) is 39.3 Å². The zero-order chi connectivity index (χ0) is 15.4. The Balaban J connectivity index is 0. The summed E-state index contributed by atoms with van der Waals surface area (Å²) < 4.78 is 10.4. The Labute approximate surface area is 112 Å². The molecule has 1 heterocycles. The van der Waals surface area contributed by atoms with Crippen LogP contribution in [-0.4, -0.2) is 64.9 Å². The molecule has 0 aromatic rings. The Kier molecular flexibility index (Phi) is 12.6. The molecule has 2 atom stereocenters. The van der Waals surface area contributed by atoms with E-state index in [4.69, 9.17) is 39.3 Å². The van der Waals surface area contributed by atoms with Gasteiger partial charge >= 0.3 is 7.12 Å². The molecule has 4 N–H and O–H groups in total. The van der Waals surface area contributed by atoms with Gasteiger partial charge in [0.25, 0.3) is 11.9 Å². The summed E-state index contributed by atoms with van der Waals surface area (Å²) in [6.07, 6.45) is -0.397. The van der Waals surface area contributed by atoms with Gasteiger partial charge in [-0.15, -0.1) is 0 Å². The SMILES string of the molecule is CC(=O)O.CC(=O)O.CCB1OCC(C(O)CO)O1. The molecule has 19 heavy (non-hydrogen) atoms. The fraction of sp³-hybridized carbons (Fsp3) is 0.800. The van der Waals surface area contributed by atoms with Crippen LogP contribution < -0.4 is 0 Å². The van der Waals surface area contributed by atoms with Gasteiger partial charge in [0.15, 0.2) is 0 Å². The first-order valence-electron chi connectivity index (χ1n) is 5.69. The summed E-state index contributed by atoms with van der Waals surface area (Å²) in [6, 6.07) is 0. The Bertz CT molecular complexity index is 240. The fourth-order valence-electron chi connectivity index (χ4n) is 1.01. The van der Waals surface area contributed by atoms with Gasteiger partial charge in [0.2, 0.25) is 0 Å². The largest absolute Gasteiger partial charge is 0.481 e. The van der Waals surface area contributed by atoms with E-state index in [1.165, 1.54) is 0 Å². The number of aliphatic hydroxyl groups is 2. The fourth-order valence-corrected chi connectivity index (χ4v) is 1.01. The lowest BCUT2D eigenvalue weighted by Crippen LogP contribution is -2.32. The third-order valence-corrected chi connectivity index (χ3v) is 1.72. The summed E-state index contributed by atoms with van der Waals surface area (Å²) in [5.41, 5.74) is 0. The third-order valence-electron chi connectivity index (χ3n) is 1.72. The maximum absolute atomic E-state index is 9.12. The first-order chi connectivity index (χ1) is 8.74. The maximum atomic E-state index is 9.12. The van der Waals surface area contributed by atoms with Gasteiger partial charge in [0.05, 0.1) is 19.3 Å². The minimum atomic E-state index is -0.833. The van der Waals surface area contributed by atoms with E-state index in [2.05, 4.69) is 0 Å². The van der Waals surface area contributed by atoms with E-state index in [-0.39, 0.29) is 19.8 Å². The second-order valence-corrected chi connectivity index (χ2v) is 3.63. The Hall–Kier alpha value is -1.16. The van der Waals surface area contributed by atoms with Crippen LogP contribution in [0.25, 0.3) is 0 Å². The lowest BCUT2D eigenvalue weighted by Gasteiger charge is -2.13. The van der Waals surface area contributed by atoms with Gasteiger partial charge in [0, 0.05) is 13.8 Å².